The van der Waals surface area contributed by atoms with Gasteiger partial charge in [0.1, 0.15) is 5.82 Å². The van der Waals surface area contributed by atoms with Crippen LogP contribution in [0.25, 0.3) is 0 Å². The van der Waals surface area contributed by atoms with E-state index in [1.165, 1.54) is 6.07 Å². The fourth-order valence-electron chi connectivity index (χ4n) is 4.42. The van der Waals surface area contributed by atoms with Crippen LogP contribution in [0.1, 0.15) is 57.9 Å². The van der Waals surface area contributed by atoms with Crippen LogP contribution in [-0.2, 0) is 10.2 Å². The van der Waals surface area contributed by atoms with E-state index in [-0.39, 0.29) is 23.2 Å². The van der Waals surface area contributed by atoms with Gasteiger partial charge >= 0.3 is 0 Å². The second kappa shape index (κ2) is 6.47. The summed E-state index contributed by atoms with van der Waals surface area (Å²) in [5.74, 6) is -0.0842. The minimum absolute atomic E-state index is 0.0777. The molecule has 1 aliphatic carbocycles. The molecule has 1 aromatic rings. The Kier molecular flexibility index (Phi) is 4.69. The van der Waals surface area contributed by atoms with Gasteiger partial charge in [-0.15, -0.1) is 0 Å². The Labute approximate surface area is 144 Å². The molecule has 1 amide bonds. The summed E-state index contributed by atoms with van der Waals surface area (Å²) in [5, 5.41) is 0. The molecule has 0 bridgehead atoms. The van der Waals surface area contributed by atoms with E-state index in [1.807, 2.05) is 11.0 Å². The monoisotopic (exact) mass is 332 g/mol. The van der Waals surface area contributed by atoms with Gasteiger partial charge in [0.25, 0.3) is 0 Å². The maximum Gasteiger partial charge on any atom is 0.233 e. The minimum Gasteiger partial charge on any atom is -0.341 e. The van der Waals surface area contributed by atoms with Crippen LogP contribution in [0, 0.1) is 11.2 Å². The van der Waals surface area contributed by atoms with Crippen molar-refractivity contribution in [1.29, 1.82) is 0 Å². The Morgan fingerprint density at radius 2 is 1.96 bits per heavy atom. The highest BCUT2D eigenvalue weighted by Crippen LogP contribution is 2.42. The van der Waals surface area contributed by atoms with Crippen molar-refractivity contribution in [2.45, 2.75) is 63.8 Å². The van der Waals surface area contributed by atoms with E-state index in [4.69, 9.17) is 5.73 Å². The highest BCUT2D eigenvalue weighted by Gasteiger charge is 2.46. The van der Waals surface area contributed by atoms with Crippen LogP contribution in [0.5, 0.6) is 0 Å². The predicted molar refractivity (Wildman–Crippen MR) is 94.1 cm³/mol. The Bertz CT molecular complexity index is 607. The van der Waals surface area contributed by atoms with E-state index in [9.17, 15) is 9.18 Å². The molecule has 1 heterocycles. The van der Waals surface area contributed by atoms with Crippen LogP contribution >= 0.6 is 0 Å². The molecule has 0 aromatic heterocycles. The van der Waals surface area contributed by atoms with Crippen molar-refractivity contribution in [2.75, 3.05) is 13.1 Å². The third kappa shape index (κ3) is 3.08. The van der Waals surface area contributed by atoms with Crippen LogP contribution in [-0.4, -0.2) is 29.9 Å². The number of carbonyl (C=O) groups excluding carboxylic acids is 1. The fourth-order valence-corrected chi connectivity index (χ4v) is 4.42. The standard InChI is InChI=1S/C20H29FN2O/c1-19(2)14-23(12-9-17(19)22)18(24)20(10-4-3-5-11-20)15-7-6-8-16(21)13-15/h6-8,13,17H,3-5,9-12,14,22H2,1-2H3. The number of rotatable bonds is 2. The molecule has 4 heteroatoms. The number of nitrogens with two attached hydrogens (primary N) is 1. The molecular weight excluding hydrogens is 303 g/mol. The van der Waals surface area contributed by atoms with Gasteiger partial charge < -0.3 is 10.6 Å². The van der Waals surface area contributed by atoms with Crippen molar-refractivity contribution in [2.24, 2.45) is 11.1 Å². The van der Waals surface area contributed by atoms with Crippen LogP contribution < -0.4 is 5.73 Å². The minimum atomic E-state index is -0.558. The normalized spacial score (nSPS) is 26.2. The summed E-state index contributed by atoms with van der Waals surface area (Å²) in [6.45, 7) is 5.66. The first kappa shape index (κ1) is 17.4. The third-order valence-corrected chi connectivity index (χ3v) is 6.09. The zero-order valence-corrected chi connectivity index (χ0v) is 14.9. The lowest BCUT2D eigenvalue weighted by Crippen LogP contribution is -2.58. The molecule has 24 heavy (non-hydrogen) atoms. The molecule has 0 radical (unpaired) electrons. The molecule has 2 aliphatic rings. The molecule has 1 aliphatic heterocycles. The molecule has 0 spiro atoms. The molecule has 3 nitrogen and oxygen atoms in total. The SMILES string of the molecule is CC1(C)CN(C(=O)C2(c3cccc(F)c3)CCCCC2)CCC1N. The first-order valence-electron chi connectivity index (χ1n) is 9.16. The molecule has 1 aromatic carbocycles. The van der Waals surface area contributed by atoms with E-state index >= 15 is 0 Å². The third-order valence-electron chi connectivity index (χ3n) is 6.09. The molecule has 3 rings (SSSR count). The van der Waals surface area contributed by atoms with Gasteiger partial charge in [-0.1, -0.05) is 45.2 Å². The Morgan fingerprint density at radius 3 is 2.58 bits per heavy atom. The van der Waals surface area contributed by atoms with Crippen molar-refractivity contribution in [1.82, 2.24) is 4.90 Å². The highest BCUT2D eigenvalue weighted by molar-refractivity contribution is 5.88. The number of piperidine rings is 1. The van der Waals surface area contributed by atoms with Crippen molar-refractivity contribution < 1.29 is 9.18 Å². The largest absolute Gasteiger partial charge is 0.341 e. The summed E-state index contributed by atoms with van der Waals surface area (Å²) in [4.78, 5) is 15.5. The maximum absolute atomic E-state index is 13.8. The van der Waals surface area contributed by atoms with Gasteiger partial charge in [0, 0.05) is 19.1 Å². The molecule has 1 atom stereocenters. The Morgan fingerprint density at radius 1 is 1.25 bits per heavy atom. The molecular formula is C20H29FN2O. The summed E-state index contributed by atoms with van der Waals surface area (Å²) >= 11 is 0. The first-order valence-corrected chi connectivity index (χ1v) is 9.16. The van der Waals surface area contributed by atoms with Crippen molar-refractivity contribution in [3.63, 3.8) is 0 Å². The summed E-state index contributed by atoms with van der Waals surface area (Å²) < 4.78 is 13.8. The van der Waals surface area contributed by atoms with Crippen molar-refractivity contribution >= 4 is 5.91 Å². The van der Waals surface area contributed by atoms with Gasteiger partial charge in [0.05, 0.1) is 5.41 Å². The van der Waals surface area contributed by atoms with Gasteiger partial charge in [-0.3, -0.25) is 4.79 Å². The summed E-state index contributed by atoms with van der Waals surface area (Å²) in [6.07, 6.45) is 5.67. The highest BCUT2D eigenvalue weighted by atomic mass is 19.1. The number of amides is 1. The quantitative estimate of drug-likeness (QED) is 0.899. The maximum atomic E-state index is 13.8. The molecule has 1 saturated carbocycles. The van der Waals surface area contributed by atoms with Gasteiger partial charge in [-0.05, 0) is 42.4 Å². The summed E-state index contributed by atoms with van der Waals surface area (Å²) in [5.41, 5.74) is 6.44. The van der Waals surface area contributed by atoms with Gasteiger partial charge in [-0.2, -0.15) is 0 Å². The van der Waals surface area contributed by atoms with Crippen LogP contribution in [0.4, 0.5) is 4.39 Å². The van der Waals surface area contributed by atoms with E-state index in [1.54, 1.807) is 12.1 Å². The number of benzene rings is 1. The lowest BCUT2D eigenvalue weighted by atomic mass is 9.67. The molecule has 2 fully saturated rings. The van der Waals surface area contributed by atoms with Crippen LogP contribution in [0.15, 0.2) is 24.3 Å². The van der Waals surface area contributed by atoms with E-state index in [0.717, 1.165) is 44.1 Å². The van der Waals surface area contributed by atoms with Crippen LogP contribution in [0.3, 0.4) is 0 Å². The average molecular weight is 332 g/mol. The van der Waals surface area contributed by atoms with Gasteiger partial charge in [0.15, 0.2) is 0 Å². The second-order valence-electron chi connectivity index (χ2n) is 8.26. The second-order valence-corrected chi connectivity index (χ2v) is 8.26. The lowest BCUT2D eigenvalue weighted by molar-refractivity contribution is -0.142. The van der Waals surface area contributed by atoms with Crippen molar-refractivity contribution in [3.8, 4) is 0 Å². The zero-order chi connectivity index (χ0) is 17.4. The molecule has 1 unspecified atom stereocenters. The Hall–Kier alpha value is -1.42. The summed E-state index contributed by atoms with van der Waals surface area (Å²) in [6, 6.07) is 6.78. The summed E-state index contributed by atoms with van der Waals surface area (Å²) in [7, 11) is 0. The number of hydrogen-bond donors (Lipinski definition) is 1. The number of nitrogens with zero attached hydrogens (tertiary/aromatic N) is 1. The first-order chi connectivity index (χ1) is 11.3. The van der Waals surface area contributed by atoms with Crippen LogP contribution in [0.2, 0.25) is 0 Å². The number of halogens is 1. The average Bonchev–Trinajstić information content (AvgIpc) is 2.57. The predicted octanol–water partition coefficient (Wildman–Crippen LogP) is 3.61. The number of likely N-dealkylation sites (tertiary alicyclic amines) is 1. The molecule has 2 N–H and O–H groups in total. The van der Waals surface area contributed by atoms with E-state index in [0.29, 0.717) is 13.1 Å². The fraction of sp³-hybridized carbons (Fsp3) is 0.650. The van der Waals surface area contributed by atoms with E-state index in [2.05, 4.69) is 13.8 Å². The molecule has 1 saturated heterocycles. The lowest BCUT2D eigenvalue weighted by Gasteiger charge is -2.47. The van der Waals surface area contributed by atoms with Gasteiger partial charge in [0.2, 0.25) is 5.91 Å². The topological polar surface area (TPSA) is 46.3 Å². The van der Waals surface area contributed by atoms with Gasteiger partial charge in [-0.25, -0.2) is 4.39 Å². The number of carbonyl (C=O) groups is 1. The smallest absolute Gasteiger partial charge is 0.233 e. The van der Waals surface area contributed by atoms with E-state index < -0.39 is 5.41 Å². The molecule has 132 valence electrons. The zero-order valence-electron chi connectivity index (χ0n) is 14.9. The number of hydrogen-bond acceptors (Lipinski definition) is 2. The Balaban J connectivity index is 1.93. The van der Waals surface area contributed by atoms with Crippen molar-refractivity contribution in [3.05, 3.63) is 35.6 Å².